The first kappa shape index (κ1) is 13.1. The summed E-state index contributed by atoms with van der Waals surface area (Å²) in [5, 5.41) is 4.04. The van der Waals surface area contributed by atoms with Crippen molar-refractivity contribution in [2.75, 3.05) is 25.0 Å². The smallest absolute Gasteiger partial charge is 0.241 e. The van der Waals surface area contributed by atoms with Gasteiger partial charge in [-0.15, -0.1) is 0 Å². The summed E-state index contributed by atoms with van der Waals surface area (Å²) in [7, 11) is 0. The predicted molar refractivity (Wildman–Crippen MR) is 83.6 cm³/mol. The molecule has 2 aromatic heterocycles. The Hall–Kier alpha value is -2.63. The number of amides is 1. The van der Waals surface area contributed by atoms with E-state index in [-0.39, 0.29) is 12.5 Å². The lowest BCUT2D eigenvalue weighted by Crippen LogP contribution is -2.33. The molecule has 0 atom stereocenters. The van der Waals surface area contributed by atoms with Crippen LogP contribution in [0.4, 0.5) is 5.82 Å². The monoisotopic (exact) mass is 296 g/mol. The normalized spacial score (nSPS) is 14.8. The van der Waals surface area contributed by atoms with Gasteiger partial charge >= 0.3 is 0 Å². The number of rotatable bonds is 3. The van der Waals surface area contributed by atoms with Gasteiger partial charge in [-0.2, -0.15) is 0 Å². The summed E-state index contributed by atoms with van der Waals surface area (Å²) in [5.74, 6) is 0.661. The number of nitrogens with zero attached hydrogens (tertiary/aromatic N) is 3. The van der Waals surface area contributed by atoms with Crippen LogP contribution in [0.1, 0.15) is 12.8 Å². The minimum atomic E-state index is 0.0976. The molecular weight excluding hydrogens is 280 g/mol. The average molecular weight is 296 g/mol. The summed E-state index contributed by atoms with van der Waals surface area (Å²) in [5.41, 5.74) is 2.13. The van der Waals surface area contributed by atoms with E-state index in [1.54, 1.807) is 0 Å². The van der Waals surface area contributed by atoms with Crippen molar-refractivity contribution in [2.45, 2.75) is 12.8 Å². The summed E-state index contributed by atoms with van der Waals surface area (Å²) >= 11 is 0. The Morgan fingerprint density at radius 1 is 1.23 bits per heavy atom. The number of hydrogen-bond donors (Lipinski definition) is 1. The van der Waals surface area contributed by atoms with Crippen molar-refractivity contribution in [1.29, 1.82) is 0 Å². The number of carbonyl (C=O) groups excluding carboxylic acids is 1. The minimum absolute atomic E-state index is 0.0976. The Kier molecular flexibility index (Phi) is 3.14. The van der Waals surface area contributed by atoms with Gasteiger partial charge in [-0.25, -0.2) is 9.97 Å². The fourth-order valence-electron chi connectivity index (χ4n) is 2.89. The molecule has 6 nitrogen and oxygen atoms in total. The number of aromatic nitrogens is 2. The van der Waals surface area contributed by atoms with Crippen LogP contribution in [0.3, 0.4) is 0 Å². The van der Waals surface area contributed by atoms with E-state index < -0.39 is 0 Å². The molecule has 0 radical (unpaired) electrons. The highest BCUT2D eigenvalue weighted by molar-refractivity contribution is 6.05. The van der Waals surface area contributed by atoms with E-state index in [2.05, 4.69) is 15.3 Å². The molecule has 3 aromatic rings. The van der Waals surface area contributed by atoms with E-state index >= 15 is 0 Å². The molecule has 1 fully saturated rings. The zero-order valence-electron chi connectivity index (χ0n) is 12.1. The SMILES string of the molecule is O=C(CNc1ncnc2c1oc1ccccc12)N1CCCC1. The number of anilines is 1. The molecule has 1 aliphatic heterocycles. The second-order valence-electron chi connectivity index (χ2n) is 5.44. The highest BCUT2D eigenvalue weighted by atomic mass is 16.3. The third-order valence-electron chi connectivity index (χ3n) is 4.02. The number of hydrogen-bond acceptors (Lipinski definition) is 5. The number of para-hydroxylation sites is 1. The average Bonchev–Trinajstić information content (AvgIpc) is 3.20. The van der Waals surface area contributed by atoms with Crippen molar-refractivity contribution in [3.8, 4) is 0 Å². The molecule has 112 valence electrons. The second kappa shape index (κ2) is 5.29. The molecule has 6 heteroatoms. The minimum Gasteiger partial charge on any atom is -0.450 e. The van der Waals surface area contributed by atoms with Gasteiger partial charge in [0, 0.05) is 18.5 Å². The fraction of sp³-hybridized carbons (Fsp3) is 0.312. The number of fused-ring (bicyclic) bond motifs is 3. The van der Waals surface area contributed by atoms with E-state index in [1.165, 1.54) is 6.33 Å². The third-order valence-corrected chi connectivity index (χ3v) is 4.02. The van der Waals surface area contributed by atoms with E-state index in [9.17, 15) is 4.79 Å². The van der Waals surface area contributed by atoms with Crippen LogP contribution in [0.5, 0.6) is 0 Å². The van der Waals surface area contributed by atoms with Crippen LogP contribution in [0, 0.1) is 0 Å². The Balaban J connectivity index is 1.62. The zero-order chi connectivity index (χ0) is 14.9. The molecule has 1 aliphatic rings. The van der Waals surface area contributed by atoms with Gasteiger partial charge in [-0.3, -0.25) is 4.79 Å². The standard InChI is InChI=1S/C16H16N4O2/c21-13(20-7-3-4-8-20)9-17-16-15-14(18-10-19-16)11-5-1-2-6-12(11)22-15/h1-2,5-6,10H,3-4,7-9H2,(H,17,18,19). The molecule has 4 rings (SSSR count). The zero-order valence-corrected chi connectivity index (χ0v) is 12.1. The summed E-state index contributed by atoms with van der Waals surface area (Å²) in [6.45, 7) is 1.93. The maximum Gasteiger partial charge on any atom is 0.241 e. The van der Waals surface area contributed by atoms with Crippen LogP contribution in [0.25, 0.3) is 22.1 Å². The van der Waals surface area contributed by atoms with E-state index in [0.29, 0.717) is 11.4 Å². The lowest BCUT2D eigenvalue weighted by Gasteiger charge is -2.15. The van der Waals surface area contributed by atoms with Crippen molar-refractivity contribution in [2.24, 2.45) is 0 Å². The van der Waals surface area contributed by atoms with Gasteiger partial charge in [0.2, 0.25) is 5.91 Å². The molecule has 0 bridgehead atoms. The Morgan fingerprint density at radius 2 is 2.05 bits per heavy atom. The number of furan rings is 1. The molecule has 0 aliphatic carbocycles. The van der Waals surface area contributed by atoms with Gasteiger partial charge in [-0.05, 0) is 25.0 Å². The lowest BCUT2D eigenvalue weighted by atomic mass is 10.2. The van der Waals surface area contributed by atoms with Crippen LogP contribution in [0.2, 0.25) is 0 Å². The van der Waals surface area contributed by atoms with Crippen LogP contribution < -0.4 is 5.32 Å². The molecule has 1 saturated heterocycles. The predicted octanol–water partition coefficient (Wildman–Crippen LogP) is 2.41. The fourth-order valence-corrected chi connectivity index (χ4v) is 2.89. The van der Waals surface area contributed by atoms with Crippen LogP contribution in [0.15, 0.2) is 35.0 Å². The second-order valence-corrected chi connectivity index (χ2v) is 5.44. The van der Waals surface area contributed by atoms with Crippen LogP contribution in [-0.2, 0) is 4.79 Å². The molecule has 0 unspecified atom stereocenters. The van der Waals surface area contributed by atoms with Gasteiger partial charge < -0.3 is 14.6 Å². The number of carbonyl (C=O) groups is 1. The maximum absolute atomic E-state index is 12.1. The van der Waals surface area contributed by atoms with Gasteiger partial charge in [0.1, 0.15) is 17.4 Å². The molecule has 1 N–H and O–H groups in total. The molecule has 22 heavy (non-hydrogen) atoms. The van der Waals surface area contributed by atoms with Crippen molar-refractivity contribution in [3.05, 3.63) is 30.6 Å². The lowest BCUT2D eigenvalue weighted by molar-refractivity contribution is -0.128. The van der Waals surface area contributed by atoms with E-state index in [4.69, 9.17) is 4.42 Å². The quantitative estimate of drug-likeness (QED) is 0.803. The number of benzene rings is 1. The highest BCUT2D eigenvalue weighted by Crippen LogP contribution is 2.30. The Labute approximate surface area is 127 Å². The van der Waals surface area contributed by atoms with E-state index in [1.807, 2.05) is 29.2 Å². The Morgan fingerprint density at radius 3 is 2.91 bits per heavy atom. The summed E-state index contributed by atoms with van der Waals surface area (Å²) < 4.78 is 5.83. The number of likely N-dealkylation sites (tertiary alicyclic amines) is 1. The first-order valence-corrected chi connectivity index (χ1v) is 7.47. The van der Waals surface area contributed by atoms with Gasteiger partial charge in [0.15, 0.2) is 11.4 Å². The number of nitrogens with one attached hydrogen (secondary N) is 1. The van der Waals surface area contributed by atoms with Crippen LogP contribution in [-0.4, -0.2) is 40.4 Å². The Bertz CT molecular complexity index is 836. The van der Waals surface area contributed by atoms with Crippen molar-refractivity contribution >= 4 is 33.8 Å². The van der Waals surface area contributed by atoms with Crippen LogP contribution >= 0.6 is 0 Å². The first-order valence-electron chi connectivity index (χ1n) is 7.47. The largest absolute Gasteiger partial charge is 0.450 e. The van der Waals surface area contributed by atoms with Gasteiger partial charge in [-0.1, -0.05) is 12.1 Å². The van der Waals surface area contributed by atoms with Crippen molar-refractivity contribution in [3.63, 3.8) is 0 Å². The molecule has 3 heterocycles. The van der Waals surface area contributed by atoms with Crippen molar-refractivity contribution in [1.82, 2.24) is 14.9 Å². The molecular formula is C16H16N4O2. The molecule has 1 aromatic carbocycles. The van der Waals surface area contributed by atoms with E-state index in [0.717, 1.165) is 42.4 Å². The summed E-state index contributed by atoms with van der Waals surface area (Å²) in [6.07, 6.45) is 3.67. The molecule has 0 spiro atoms. The molecule has 0 saturated carbocycles. The van der Waals surface area contributed by atoms with Gasteiger partial charge in [0.05, 0.1) is 6.54 Å². The van der Waals surface area contributed by atoms with Crippen molar-refractivity contribution < 1.29 is 9.21 Å². The highest BCUT2D eigenvalue weighted by Gasteiger charge is 2.19. The summed E-state index contributed by atoms with van der Waals surface area (Å²) in [6, 6.07) is 7.73. The summed E-state index contributed by atoms with van der Waals surface area (Å²) in [4.78, 5) is 22.5. The topological polar surface area (TPSA) is 71.3 Å². The first-order chi connectivity index (χ1) is 10.8. The third kappa shape index (κ3) is 2.16. The van der Waals surface area contributed by atoms with Gasteiger partial charge in [0.25, 0.3) is 0 Å². The molecule has 1 amide bonds. The maximum atomic E-state index is 12.1.